The van der Waals surface area contributed by atoms with Gasteiger partial charge < -0.3 is 5.73 Å². The van der Waals surface area contributed by atoms with Crippen LogP contribution in [0.15, 0.2) is 11.0 Å². The minimum atomic E-state index is -3.21. The molecule has 0 aliphatic heterocycles. The Morgan fingerprint density at radius 1 is 1.06 bits per heavy atom. The molecule has 1 aromatic carbocycles. The van der Waals surface area contributed by atoms with Crippen molar-refractivity contribution in [3.05, 3.63) is 28.3 Å². The van der Waals surface area contributed by atoms with E-state index in [9.17, 15) is 8.42 Å². The van der Waals surface area contributed by atoms with Gasteiger partial charge in [0.25, 0.3) is 0 Å². The topological polar surface area (TPSA) is 60.2 Å². The van der Waals surface area contributed by atoms with E-state index < -0.39 is 9.84 Å². The molecule has 0 heterocycles. The maximum absolute atomic E-state index is 12.3. The highest BCUT2D eigenvalue weighted by Gasteiger charge is 2.21. The first-order valence-electron chi connectivity index (χ1n) is 5.81. The summed E-state index contributed by atoms with van der Waals surface area (Å²) in [5.74, 6) is 0.133. The molecular weight excluding hydrogens is 234 g/mol. The lowest BCUT2D eigenvalue weighted by atomic mass is 10.0. The SMILES string of the molecule is Cc1cc(C)c(C)c(S(=O)(=O)CCCN)c1C. The summed E-state index contributed by atoms with van der Waals surface area (Å²) in [5.41, 5.74) is 9.17. The fraction of sp³-hybridized carbons (Fsp3) is 0.538. The van der Waals surface area contributed by atoms with Crippen LogP contribution in [0, 0.1) is 27.7 Å². The van der Waals surface area contributed by atoms with Gasteiger partial charge in [-0.1, -0.05) is 6.07 Å². The van der Waals surface area contributed by atoms with Crippen molar-refractivity contribution in [2.24, 2.45) is 5.73 Å². The van der Waals surface area contributed by atoms with Gasteiger partial charge in [-0.3, -0.25) is 0 Å². The molecule has 0 spiro atoms. The minimum Gasteiger partial charge on any atom is -0.330 e. The van der Waals surface area contributed by atoms with Crippen molar-refractivity contribution in [1.29, 1.82) is 0 Å². The van der Waals surface area contributed by atoms with Crippen molar-refractivity contribution < 1.29 is 8.42 Å². The summed E-state index contributed by atoms with van der Waals surface area (Å²) in [6, 6.07) is 2.03. The molecule has 0 saturated carbocycles. The zero-order valence-electron chi connectivity index (χ0n) is 11.0. The fourth-order valence-corrected chi connectivity index (χ4v) is 4.03. The van der Waals surface area contributed by atoms with E-state index in [-0.39, 0.29) is 5.75 Å². The first-order valence-corrected chi connectivity index (χ1v) is 7.46. The molecule has 17 heavy (non-hydrogen) atoms. The smallest absolute Gasteiger partial charge is 0.178 e. The van der Waals surface area contributed by atoms with Gasteiger partial charge in [-0.2, -0.15) is 0 Å². The average molecular weight is 255 g/mol. The molecule has 3 nitrogen and oxygen atoms in total. The third kappa shape index (κ3) is 2.87. The lowest BCUT2D eigenvalue weighted by molar-refractivity contribution is 0.592. The quantitative estimate of drug-likeness (QED) is 0.895. The van der Waals surface area contributed by atoms with Crippen LogP contribution in [-0.2, 0) is 9.84 Å². The highest BCUT2D eigenvalue weighted by atomic mass is 32.2. The standard InChI is InChI=1S/C13H21NO2S/c1-9-8-10(2)12(4)13(11(9)3)17(15,16)7-5-6-14/h8H,5-7,14H2,1-4H3. The largest absolute Gasteiger partial charge is 0.330 e. The van der Waals surface area contributed by atoms with Crippen LogP contribution in [0.3, 0.4) is 0 Å². The van der Waals surface area contributed by atoms with Gasteiger partial charge in [0, 0.05) is 0 Å². The van der Waals surface area contributed by atoms with Crippen LogP contribution >= 0.6 is 0 Å². The molecule has 1 rings (SSSR count). The normalized spacial score (nSPS) is 11.8. The minimum absolute atomic E-state index is 0.133. The van der Waals surface area contributed by atoms with Crippen LogP contribution in [0.2, 0.25) is 0 Å². The number of sulfone groups is 1. The molecule has 0 aliphatic carbocycles. The second-order valence-electron chi connectivity index (χ2n) is 4.55. The molecule has 2 N–H and O–H groups in total. The Labute approximate surface area is 104 Å². The molecule has 0 unspecified atom stereocenters. The Kier molecular flexibility index (Phi) is 4.33. The monoisotopic (exact) mass is 255 g/mol. The van der Waals surface area contributed by atoms with Crippen LogP contribution in [0.5, 0.6) is 0 Å². The molecule has 0 radical (unpaired) electrons. The molecule has 0 fully saturated rings. The molecule has 1 aromatic rings. The first-order chi connectivity index (χ1) is 7.81. The number of benzene rings is 1. The van der Waals surface area contributed by atoms with Crippen LogP contribution in [0.4, 0.5) is 0 Å². The van der Waals surface area contributed by atoms with E-state index in [0.29, 0.717) is 17.9 Å². The fourth-order valence-electron chi connectivity index (χ4n) is 2.02. The third-order valence-electron chi connectivity index (χ3n) is 3.23. The van der Waals surface area contributed by atoms with Gasteiger partial charge in [-0.25, -0.2) is 8.42 Å². The molecule has 0 aromatic heterocycles. The van der Waals surface area contributed by atoms with E-state index in [2.05, 4.69) is 0 Å². The Hall–Kier alpha value is -0.870. The molecule has 0 saturated heterocycles. The highest BCUT2D eigenvalue weighted by Crippen LogP contribution is 2.27. The second kappa shape index (κ2) is 5.19. The van der Waals surface area contributed by atoms with Gasteiger partial charge in [0.15, 0.2) is 9.84 Å². The van der Waals surface area contributed by atoms with E-state index >= 15 is 0 Å². The predicted molar refractivity (Wildman–Crippen MR) is 71.1 cm³/mol. The molecule has 0 bridgehead atoms. The van der Waals surface area contributed by atoms with E-state index in [1.165, 1.54) is 0 Å². The number of rotatable bonds is 4. The van der Waals surface area contributed by atoms with E-state index in [0.717, 1.165) is 22.3 Å². The maximum atomic E-state index is 12.3. The van der Waals surface area contributed by atoms with Gasteiger partial charge in [0.1, 0.15) is 0 Å². The van der Waals surface area contributed by atoms with Crippen molar-refractivity contribution in [3.63, 3.8) is 0 Å². The lowest BCUT2D eigenvalue weighted by Gasteiger charge is -2.15. The number of nitrogens with two attached hydrogens (primary N) is 1. The Balaban J connectivity index is 3.40. The summed E-state index contributed by atoms with van der Waals surface area (Å²) in [7, 11) is -3.21. The Morgan fingerprint density at radius 2 is 1.53 bits per heavy atom. The number of hydrogen-bond donors (Lipinski definition) is 1. The first kappa shape index (κ1) is 14.2. The average Bonchev–Trinajstić information content (AvgIpc) is 2.24. The van der Waals surface area contributed by atoms with Crippen LogP contribution in [0.25, 0.3) is 0 Å². The summed E-state index contributed by atoms with van der Waals surface area (Å²) in [6.45, 7) is 8.05. The van der Waals surface area contributed by atoms with Crippen LogP contribution < -0.4 is 5.73 Å². The summed E-state index contributed by atoms with van der Waals surface area (Å²) in [6.07, 6.45) is 0.508. The van der Waals surface area contributed by atoms with Crippen LogP contribution in [0.1, 0.15) is 28.7 Å². The zero-order valence-corrected chi connectivity index (χ0v) is 11.8. The summed E-state index contributed by atoms with van der Waals surface area (Å²) >= 11 is 0. The third-order valence-corrected chi connectivity index (χ3v) is 5.29. The number of hydrogen-bond acceptors (Lipinski definition) is 3. The summed E-state index contributed by atoms with van der Waals surface area (Å²) in [5, 5.41) is 0. The van der Waals surface area contributed by atoms with Crippen LogP contribution in [-0.4, -0.2) is 20.7 Å². The molecule has 96 valence electrons. The van der Waals surface area contributed by atoms with Crippen molar-refractivity contribution in [1.82, 2.24) is 0 Å². The molecule has 0 amide bonds. The molecular formula is C13H21NO2S. The van der Waals surface area contributed by atoms with Gasteiger partial charge in [0.05, 0.1) is 10.6 Å². The predicted octanol–water partition coefficient (Wildman–Crippen LogP) is 2.04. The Bertz CT molecular complexity index is 492. The Morgan fingerprint density at radius 3 is 1.94 bits per heavy atom. The zero-order chi connectivity index (χ0) is 13.2. The van der Waals surface area contributed by atoms with E-state index in [1.807, 2.05) is 33.8 Å². The summed E-state index contributed by atoms with van der Waals surface area (Å²) in [4.78, 5) is 0.503. The van der Waals surface area contributed by atoms with Crippen molar-refractivity contribution in [3.8, 4) is 0 Å². The molecule has 0 atom stereocenters. The molecule has 4 heteroatoms. The van der Waals surface area contributed by atoms with Crippen molar-refractivity contribution in [2.75, 3.05) is 12.3 Å². The van der Waals surface area contributed by atoms with Crippen molar-refractivity contribution in [2.45, 2.75) is 39.0 Å². The van der Waals surface area contributed by atoms with E-state index in [4.69, 9.17) is 5.73 Å². The van der Waals surface area contributed by atoms with Gasteiger partial charge in [-0.05, 0) is 62.9 Å². The number of aryl methyl sites for hydroxylation is 2. The van der Waals surface area contributed by atoms with Crippen molar-refractivity contribution >= 4 is 9.84 Å². The highest BCUT2D eigenvalue weighted by molar-refractivity contribution is 7.91. The second-order valence-corrected chi connectivity index (χ2v) is 6.60. The van der Waals surface area contributed by atoms with Gasteiger partial charge in [-0.15, -0.1) is 0 Å². The molecule has 0 aliphatic rings. The maximum Gasteiger partial charge on any atom is 0.178 e. The van der Waals surface area contributed by atoms with Gasteiger partial charge in [0.2, 0.25) is 0 Å². The van der Waals surface area contributed by atoms with E-state index in [1.54, 1.807) is 0 Å². The lowest BCUT2D eigenvalue weighted by Crippen LogP contribution is -2.15. The van der Waals surface area contributed by atoms with Gasteiger partial charge >= 0.3 is 0 Å². The summed E-state index contributed by atoms with van der Waals surface area (Å²) < 4.78 is 24.6.